The second-order valence-electron chi connectivity index (χ2n) is 4.15. The number of halogens is 4. The van der Waals surface area contributed by atoms with E-state index in [1.165, 1.54) is 26.0 Å². The SMILES string of the molecule is COC(=O)/C(=C(\F)Sc1cc(C)c(O)c(C)c1)C(F)(F)F. The van der Waals surface area contributed by atoms with E-state index in [-0.39, 0.29) is 22.4 Å². The number of benzene rings is 1. The van der Waals surface area contributed by atoms with Gasteiger partial charge < -0.3 is 9.84 Å². The van der Waals surface area contributed by atoms with Gasteiger partial charge >= 0.3 is 12.1 Å². The smallest absolute Gasteiger partial charge is 0.426 e. The fourth-order valence-corrected chi connectivity index (χ4v) is 2.52. The Balaban J connectivity index is 3.25. The lowest BCUT2D eigenvalue weighted by atomic mass is 10.1. The molecule has 0 heterocycles. The zero-order chi connectivity index (χ0) is 16.4. The number of methoxy groups -OCH3 is 1. The highest BCUT2D eigenvalue weighted by atomic mass is 32.2. The minimum absolute atomic E-state index is 0.0206. The van der Waals surface area contributed by atoms with Crippen LogP contribution < -0.4 is 0 Å². The third-order valence-corrected chi connectivity index (χ3v) is 3.40. The Hall–Kier alpha value is -1.70. The maximum atomic E-state index is 13.8. The molecule has 0 aromatic heterocycles. The maximum absolute atomic E-state index is 13.8. The van der Waals surface area contributed by atoms with Gasteiger partial charge in [-0.3, -0.25) is 0 Å². The summed E-state index contributed by atoms with van der Waals surface area (Å²) in [7, 11) is 0.737. The van der Waals surface area contributed by atoms with E-state index in [1.807, 2.05) is 0 Å². The van der Waals surface area contributed by atoms with E-state index >= 15 is 0 Å². The normalized spacial score (nSPS) is 12.9. The highest BCUT2D eigenvalue weighted by Gasteiger charge is 2.43. The molecule has 0 aliphatic rings. The molecule has 1 aromatic carbocycles. The first-order valence-electron chi connectivity index (χ1n) is 5.61. The van der Waals surface area contributed by atoms with Crippen molar-refractivity contribution in [2.75, 3.05) is 7.11 Å². The molecule has 0 aliphatic heterocycles. The molecule has 116 valence electrons. The van der Waals surface area contributed by atoms with Crippen molar-refractivity contribution in [1.82, 2.24) is 0 Å². The Kier molecular flexibility index (Phi) is 5.27. The summed E-state index contributed by atoms with van der Waals surface area (Å²) in [6.45, 7) is 3.05. The first-order valence-corrected chi connectivity index (χ1v) is 6.43. The number of rotatable bonds is 3. The Bertz CT molecular complexity index is 571. The van der Waals surface area contributed by atoms with Crippen LogP contribution in [-0.2, 0) is 9.53 Å². The van der Waals surface area contributed by atoms with E-state index in [2.05, 4.69) is 4.74 Å². The van der Waals surface area contributed by atoms with Crippen LogP contribution in [0.25, 0.3) is 0 Å². The number of alkyl halides is 3. The standard InChI is InChI=1S/C13H12F4O3S/c1-6-4-8(5-7(2)10(6)18)21-11(14)9(12(19)20-3)13(15,16)17/h4-5,18H,1-3H3/b11-9-. The predicted octanol–water partition coefficient (Wildman–Crippen LogP) is 4.02. The first kappa shape index (κ1) is 17.4. The Morgan fingerprint density at radius 2 is 1.71 bits per heavy atom. The summed E-state index contributed by atoms with van der Waals surface area (Å²) in [6.07, 6.45) is -5.16. The molecule has 0 unspecified atom stereocenters. The molecule has 0 saturated heterocycles. The Labute approximate surface area is 122 Å². The fourth-order valence-electron chi connectivity index (χ4n) is 1.54. The van der Waals surface area contributed by atoms with E-state index in [0.717, 1.165) is 7.11 Å². The van der Waals surface area contributed by atoms with Gasteiger partial charge in [-0.25, -0.2) is 4.79 Å². The molecule has 1 N–H and O–H groups in total. The van der Waals surface area contributed by atoms with Crippen LogP contribution in [0.4, 0.5) is 17.6 Å². The van der Waals surface area contributed by atoms with Crippen LogP contribution in [0, 0.1) is 13.8 Å². The van der Waals surface area contributed by atoms with Gasteiger partial charge in [0.25, 0.3) is 0 Å². The minimum atomic E-state index is -5.16. The zero-order valence-electron chi connectivity index (χ0n) is 11.3. The molecule has 0 amide bonds. The minimum Gasteiger partial charge on any atom is -0.507 e. The van der Waals surface area contributed by atoms with E-state index in [9.17, 15) is 27.5 Å². The summed E-state index contributed by atoms with van der Waals surface area (Å²) in [6, 6.07) is 2.63. The van der Waals surface area contributed by atoms with Crippen molar-refractivity contribution in [2.45, 2.75) is 24.9 Å². The molecule has 0 aliphatic carbocycles. The summed E-state index contributed by atoms with van der Waals surface area (Å²) in [4.78, 5) is 11.2. The zero-order valence-corrected chi connectivity index (χ0v) is 12.2. The van der Waals surface area contributed by atoms with Gasteiger partial charge in [0, 0.05) is 4.90 Å². The molecule has 1 aromatic rings. The maximum Gasteiger partial charge on any atom is 0.426 e. The average molecular weight is 324 g/mol. The molecule has 0 bridgehead atoms. The lowest BCUT2D eigenvalue weighted by Gasteiger charge is -2.11. The summed E-state index contributed by atoms with van der Waals surface area (Å²) in [5.41, 5.74) is -1.22. The van der Waals surface area contributed by atoms with Gasteiger partial charge in [-0.2, -0.15) is 17.6 Å². The summed E-state index contributed by atoms with van der Waals surface area (Å²) >= 11 is 0.140. The third kappa shape index (κ3) is 4.13. The highest BCUT2D eigenvalue weighted by molar-refractivity contribution is 8.03. The monoisotopic (exact) mass is 324 g/mol. The summed E-state index contributed by atoms with van der Waals surface area (Å²) in [5, 5.41) is 7.85. The number of phenolic OH excluding ortho intramolecular Hbond substituents is 1. The van der Waals surface area contributed by atoms with Crippen molar-refractivity contribution in [3.8, 4) is 5.75 Å². The summed E-state index contributed by atoms with van der Waals surface area (Å²) in [5.74, 6) is -1.81. The van der Waals surface area contributed by atoms with Crippen molar-refractivity contribution in [2.24, 2.45) is 0 Å². The van der Waals surface area contributed by atoms with Gasteiger partial charge in [0.15, 0.2) is 10.7 Å². The number of carbonyl (C=O) groups is 1. The van der Waals surface area contributed by atoms with Gasteiger partial charge in [0.05, 0.1) is 7.11 Å². The Morgan fingerprint density at radius 3 is 2.10 bits per heavy atom. The molecule has 0 fully saturated rings. The van der Waals surface area contributed by atoms with Crippen LogP contribution in [0.15, 0.2) is 27.8 Å². The van der Waals surface area contributed by atoms with Crippen LogP contribution >= 0.6 is 11.8 Å². The number of thioether (sulfide) groups is 1. The molecule has 0 radical (unpaired) electrons. The average Bonchev–Trinajstić information content (AvgIpc) is 2.33. The number of hydrogen-bond donors (Lipinski definition) is 1. The highest BCUT2D eigenvalue weighted by Crippen LogP contribution is 2.39. The fraction of sp³-hybridized carbons (Fsp3) is 0.308. The topological polar surface area (TPSA) is 46.5 Å². The largest absolute Gasteiger partial charge is 0.507 e. The lowest BCUT2D eigenvalue weighted by molar-refractivity contribution is -0.148. The van der Waals surface area contributed by atoms with Crippen molar-refractivity contribution >= 4 is 17.7 Å². The second-order valence-corrected chi connectivity index (χ2v) is 5.18. The van der Waals surface area contributed by atoms with Crippen LogP contribution in [0.5, 0.6) is 5.75 Å². The molecule has 8 heteroatoms. The van der Waals surface area contributed by atoms with Gasteiger partial charge in [-0.05, 0) is 37.1 Å². The predicted molar refractivity (Wildman–Crippen MR) is 69.6 cm³/mol. The number of carbonyl (C=O) groups excluding carboxylic acids is 1. The first-order chi connectivity index (χ1) is 9.57. The molecule has 0 saturated carbocycles. The van der Waals surface area contributed by atoms with Crippen LogP contribution in [0.1, 0.15) is 11.1 Å². The molecule has 1 rings (SSSR count). The van der Waals surface area contributed by atoms with Crippen LogP contribution in [-0.4, -0.2) is 24.4 Å². The van der Waals surface area contributed by atoms with Gasteiger partial charge in [-0.1, -0.05) is 11.8 Å². The van der Waals surface area contributed by atoms with E-state index in [4.69, 9.17) is 0 Å². The van der Waals surface area contributed by atoms with Crippen molar-refractivity contribution in [3.05, 3.63) is 34.0 Å². The molecule has 0 atom stereocenters. The second kappa shape index (κ2) is 6.38. The van der Waals surface area contributed by atoms with Gasteiger partial charge in [0.2, 0.25) is 0 Å². The van der Waals surface area contributed by atoms with E-state index < -0.39 is 22.9 Å². The number of aryl methyl sites for hydroxylation is 2. The number of esters is 1. The number of ether oxygens (including phenoxy) is 1. The van der Waals surface area contributed by atoms with Gasteiger partial charge in [-0.15, -0.1) is 0 Å². The lowest BCUT2D eigenvalue weighted by Crippen LogP contribution is -2.22. The molecule has 0 spiro atoms. The van der Waals surface area contributed by atoms with Crippen LogP contribution in [0.3, 0.4) is 0 Å². The third-order valence-electron chi connectivity index (χ3n) is 2.54. The molecule has 3 nitrogen and oxygen atoms in total. The van der Waals surface area contributed by atoms with Crippen LogP contribution in [0.2, 0.25) is 0 Å². The number of phenols is 1. The number of hydrogen-bond acceptors (Lipinski definition) is 4. The quantitative estimate of drug-likeness (QED) is 0.395. The summed E-state index contributed by atoms with van der Waals surface area (Å²) < 4.78 is 55.8. The molecular formula is C13H12F4O3S. The van der Waals surface area contributed by atoms with Crippen molar-refractivity contribution in [3.63, 3.8) is 0 Å². The van der Waals surface area contributed by atoms with Crippen molar-refractivity contribution < 1.29 is 32.2 Å². The van der Waals surface area contributed by atoms with Crippen molar-refractivity contribution in [1.29, 1.82) is 0 Å². The van der Waals surface area contributed by atoms with E-state index in [0.29, 0.717) is 11.1 Å². The Morgan fingerprint density at radius 1 is 1.24 bits per heavy atom. The van der Waals surface area contributed by atoms with Gasteiger partial charge in [0.1, 0.15) is 5.75 Å². The molecule has 21 heavy (non-hydrogen) atoms. The van der Waals surface area contributed by atoms with E-state index in [1.54, 1.807) is 0 Å². The molecular weight excluding hydrogens is 312 g/mol. The number of aromatic hydroxyl groups is 1.